The molecule has 0 spiro atoms. The van der Waals surface area contributed by atoms with Crippen molar-refractivity contribution in [2.75, 3.05) is 20.3 Å². The highest BCUT2D eigenvalue weighted by Crippen LogP contribution is 2.23. The number of halogens is 1. The minimum atomic E-state index is -0.303. The number of aromatic nitrogens is 1. The molecule has 1 N–H and O–H groups in total. The van der Waals surface area contributed by atoms with Crippen LogP contribution < -0.4 is 14.8 Å². The van der Waals surface area contributed by atoms with Crippen LogP contribution >= 0.6 is 11.6 Å². The number of carbonyl (C=O) groups excluding carboxylic acids is 1. The molecule has 0 aliphatic heterocycles. The van der Waals surface area contributed by atoms with Crippen molar-refractivity contribution < 1.29 is 14.3 Å². The summed E-state index contributed by atoms with van der Waals surface area (Å²) in [5, 5.41) is 4.18. The van der Waals surface area contributed by atoms with E-state index in [0.29, 0.717) is 22.1 Å². The van der Waals surface area contributed by atoms with E-state index in [0.717, 1.165) is 10.9 Å². The van der Waals surface area contributed by atoms with Crippen LogP contribution in [0.15, 0.2) is 54.7 Å². The fourth-order valence-corrected chi connectivity index (χ4v) is 2.67. The molecule has 0 aliphatic rings. The minimum Gasteiger partial charge on any atom is -0.496 e. The first-order valence-corrected chi connectivity index (χ1v) is 8.61. The molecule has 0 saturated carbocycles. The van der Waals surface area contributed by atoms with Crippen molar-refractivity contribution in [1.29, 1.82) is 0 Å². The van der Waals surface area contributed by atoms with Crippen LogP contribution in [0.4, 0.5) is 0 Å². The number of hydrogen-bond acceptors (Lipinski definition) is 4. The summed E-state index contributed by atoms with van der Waals surface area (Å²) in [5.41, 5.74) is 1.16. The monoisotopic (exact) mass is 380 g/mol. The Hall–Kier alpha value is -3.23. The highest BCUT2D eigenvalue weighted by atomic mass is 35.5. The zero-order valence-corrected chi connectivity index (χ0v) is 15.4. The number of pyridine rings is 1. The van der Waals surface area contributed by atoms with Crippen molar-refractivity contribution in [2.45, 2.75) is 0 Å². The molecular weight excluding hydrogens is 364 g/mol. The number of methoxy groups -OCH3 is 1. The predicted molar refractivity (Wildman–Crippen MR) is 105 cm³/mol. The molecule has 136 valence electrons. The van der Waals surface area contributed by atoms with E-state index in [9.17, 15) is 4.79 Å². The van der Waals surface area contributed by atoms with Gasteiger partial charge in [-0.3, -0.25) is 9.78 Å². The molecule has 2 aromatic carbocycles. The first-order chi connectivity index (χ1) is 13.2. The van der Waals surface area contributed by atoms with Crippen LogP contribution in [0.1, 0.15) is 10.4 Å². The van der Waals surface area contributed by atoms with Gasteiger partial charge in [-0.05, 0) is 30.3 Å². The molecule has 5 nitrogen and oxygen atoms in total. The molecule has 0 bridgehead atoms. The molecule has 0 fully saturated rings. The summed E-state index contributed by atoms with van der Waals surface area (Å²) in [5.74, 6) is 6.56. The largest absolute Gasteiger partial charge is 0.496 e. The lowest BCUT2D eigenvalue weighted by Gasteiger charge is -2.08. The maximum absolute atomic E-state index is 12.2. The maximum atomic E-state index is 12.2. The lowest BCUT2D eigenvalue weighted by atomic mass is 10.2. The fraction of sp³-hybridized carbons (Fsp3) is 0.143. The molecule has 3 aromatic rings. The van der Waals surface area contributed by atoms with Crippen LogP contribution in [0.3, 0.4) is 0 Å². The number of hydrogen-bond donors (Lipinski definition) is 1. The summed E-state index contributed by atoms with van der Waals surface area (Å²) < 4.78 is 10.8. The molecule has 0 unspecified atom stereocenters. The van der Waals surface area contributed by atoms with Gasteiger partial charge in [-0.1, -0.05) is 41.6 Å². The average molecular weight is 381 g/mol. The van der Waals surface area contributed by atoms with Gasteiger partial charge < -0.3 is 14.8 Å². The summed E-state index contributed by atoms with van der Waals surface area (Å²) in [7, 11) is 1.50. The van der Waals surface area contributed by atoms with Gasteiger partial charge in [0.1, 0.15) is 23.6 Å². The van der Waals surface area contributed by atoms with Crippen molar-refractivity contribution in [3.8, 4) is 23.3 Å². The Kier molecular flexibility index (Phi) is 6.14. The van der Waals surface area contributed by atoms with Gasteiger partial charge in [0, 0.05) is 16.6 Å². The Morgan fingerprint density at radius 1 is 1.15 bits per heavy atom. The van der Waals surface area contributed by atoms with E-state index in [2.05, 4.69) is 22.1 Å². The van der Waals surface area contributed by atoms with Gasteiger partial charge in [0.2, 0.25) is 0 Å². The third-order valence-corrected chi connectivity index (χ3v) is 4.00. The van der Waals surface area contributed by atoms with Crippen LogP contribution in [0.5, 0.6) is 11.5 Å². The SMILES string of the molecule is COc1ccc(Cl)cc1C(=O)NCC#CCOc1cccc2cccnc12. The Morgan fingerprint density at radius 2 is 2.00 bits per heavy atom. The number of benzene rings is 2. The van der Waals surface area contributed by atoms with Crippen molar-refractivity contribution in [3.05, 3.63) is 65.3 Å². The van der Waals surface area contributed by atoms with Gasteiger partial charge in [-0.2, -0.15) is 0 Å². The lowest BCUT2D eigenvalue weighted by molar-refractivity contribution is 0.0955. The van der Waals surface area contributed by atoms with Crippen molar-refractivity contribution in [1.82, 2.24) is 10.3 Å². The zero-order chi connectivity index (χ0) is 19.1. The number of nitrogens with one attached hydrogen (secondary N) is 1. The van der Waals surface area contributed by atoms with E-state index in [1.54, 1.807) is 24.4 Å². The van der Waals surface area contributed by atoms with Gasteiger partial charge in [-0.15, -0.1) is 0 Å². The predicted octanol–water partition coefficient (Wildman–Crippen LogP) is 3.71. The number of ether oxygens (including phenoxy) is 2. The first kappa shape index (κ1) is 18.6. The minimum absolute atomic E-state index is 0.186. The lowest BCUT2D eigenvalue weighted by Crippen LogP contribution is -2.24. The van der Waals surface area contributed by atoms with Crippen LogP contribution in [-0.4, -0.2) is 31.2 Å². The number of amides is 1. The van der Waals surface area contributed by atoms with Gasteiger partial charge >= 0.3 is 0 Å². The number of rotatable bonds is 5. The van der Waals surface area contributed by atoms with E-state index in [-0.39, 0.29) is 19.1 Å². The molecule has 0 atom stereocenters. The summed E-state index contributed by atoms with van der Waals surface area (Å²) in [4.78, 5) is 16.5. The topological polar surface area (TPSA) is 60.5 Å². The van der Waals surface area contributed by atoms with Gasteiger partial charge in [0.15, 0.2) is 0 Å². The smallest absolute Gasteiger partial charge is 0.255 e. The highest BCUT2D eigenvalue weighted by Gasteiger charge is 2.11. The van der Waals surface area contributed by atoms with Crippen molar-refractivity contribution in [2.24, 2.45) is 0 Å². The van der Waals surface area contributed by atoms with Gasteiger partial charge in [0.25, 0.3) is 5.91 Å². The van der Waals surface area contributed by atoms with E-state index in [1.165, 1.54) is 7.11 Å². The summed E-state index contributed by atoms with van der Waals surface area (Å²) in [6, 6.07) is 14.4. The number of para-hydroxylation sites is 1. The van der Waals surface area contributed by atoms with E-state index < -0.39 is 0 Å². The maximum Gasteiger partial charge on any atom is 0.255 e. The Morgan fingerprint density at radius 3 is 2.85 bits per heavy atom. The van der Waals surface area contributed by atoms with Crippen LogP contribution in [0.25, 0.3) is 10.9 Å². The van der Waals surface area contributed by atoms with E-state index in [1.807, 2.05) is 30.3 Å². The van der Waals surface area contributed by atoms with Crippen molar-refractivity contribution in [3.63, 3.8) is 0 Å². The van der Waals surface area contributed by atoms with E-state index in [4.69, 9.17) is 21.1 Å². The number of carbonyl (C=O) groups is 1. The molecule has 3 rings (SSSR count). The van der Waals surface area contributed by atoms with Crippen LogP contribution in [-0.2, 0) is 0 Å². The molecule has 1 aromatic heterocycles. The third kappa shape index (κ3) is 4.69. The Labute approximate surface area is 162 Å². The van der Waals surface area contributed by atoms with Crippen LogP contribution in [0.2, 0.25) is 5.02 Å². The Bertz CT molecular complexity index is 1020. The standard InChI is InChI=1S/C21H17ClN2O3/c1-26-18-10-9-16(22)14-17(18)21(25)24-11-2-3-13-27-19-8-4-6-15-7-5-12-23-20(15)19/h4-10,12,14H,11,13H2,1H3,(H,24,25). The Balaban J connectivity index is 1.54. The molecular formula is C21H17ClN2O3. The molecule has 27 heavy (non-hydrogen) atoms. The zero-order valence-electron chi connectivity index (χ0n) is 14.7. The third-order valence-electron chi connectivity index (χ3n) is 3.76. The van der Waals surface area contributed by atoms with E-state index >= 15 is 0 Å². The summed E-state index contributed by atoms with van der Waals surface area (Å²) >= 11 is 5.93. The second kappa shape index (κ2) is 8.93. The van der Waals surface area contributed by atoms with Crippen LogP contribution in [0, 0.1) is 11.8 Å². The molecule has 0 saturated heterocycles. The second-order valence-electron chi connectivity index (χ2n) is 5.50. The normalized spacial score (nSPS) is 10.0. The second-order valence-corrected chi connectivity index (χ2v) is 5.94. The number of fused-ring (bicyclic) bond motifs is 1. The fourth-order valence-electron chi connectivity index (χ4n) is 2.50. The number of nitrogens with zero attached hydrogens (tertiary/aromatic N) is 1. The summed E-state index contributed by atoms with van der Waals surface area (Å²) in [6.07, 6.45) is 1.72. The first-order valence-electron chi connectivity index (χ1n) is 8.23. The summed E-state index contributed by atoms with van der Waals surface area (Å²) in [6.45, 7) is 0.387. The molecule has 0 aliphatic carbocycles. The molecule has 6 heteroatoms. The molecule has 1 heterocycles. The average Bonchev–Trinajstić information content (AvgIpc) is 2.70. The highest BCUT2D eigenvalue weighted by molar-refractivity contribution is 6.31. The van der Waals surface area contributed by atoms with Gasteiger partial charge in [0.05, 0.1) is 19.2 Å². The molecule has 0 radical (unpaired) electrons. The van der Waals surface area contributed by atoms with Crippen molar-refractivity contribution >= 4 is 28.4 Å². The quantitative estimate of drug-likeness (QED) is 0.685. The molecule has 1 amide bonds. The van der Waals surface area contributed by atoms with Gasteiger partial charge in [-0.25, -0.2) is 0 Å².